The Hall–Kier alpha value is -4.32. The number of rotatable bonds is 32. The fourth-order valence-electron chi connectivity index (χ4n) is 7.92. The predicted molar refractivity (Wildman–Crippen MR) is 252 cm³/mol. The van der Waals surface area contributed by atoms with Crippen LogP contribution < -0.4 is 31.9 Å². The fourth-order valence-corrected chi connectivity index (χ4v) is 7.92. The summed E-state index contributed by atoms with van der Waals surface area (Å²) in [5, 5.41) is 27.2. The van der Waals surface area contributed by atoms with Crippen LogP contribution >= 0.6 is 0 Å². The van der Waals surface area contributed by atoms with E-state index in [0.717, 1.165) is 51.4 Å². The van der Waals surface area contributed by atoms with Crippen molar-refractivity contribution in [1.82, 2.24) is 46.6 Å². The van der Waals surface area contributed by atoms with E-state index >= 15 is 0 Å². The molecular formula is C47H87N9O9. The minimum absolute atomic E-state index is 0.0369. The third-order valence-corrected chi connectivity index (χ3v) is 11.6. The maximum atomic E-state index is 14.3. The highest BCUT2D eigenvalue weighted by Gasteiger charge is 2.41. The highest BCUT2D eigenvalue weighted by molar-refractivity contribution is 5.98. The van der Waals surface area contributed by atoms with Crippen LogP contribution in [0.1, 0.15) is 166 Å². The number of aliphatic hydroxyl groups is 1. The summed E-state index contributed by atoms with van der Waals surface area (Å²) in [5.41, 5.74) is -3.02. The Morgan fingerprint density at radius 3 is 1.94 bits per heavy atom. The van der Waals surface area contributed by atoms with Crippen LogP contribution in [0.2, 0.25) is 0 Å². The topological polar surface area (TPSA) is 239 Å². The predicted octanol–water partition coefficient (Wildman–Crippen LogP) is 2.85. The van der Waals surface area contributed by atoms with Crippen LogP contribution in [0.5, 0.6) is 0 Å². The molecule has 1 fully saturated rings. The Bertz CT molecular complexity index is 1540. The number of nitrogens with one attached hydrogen (secondary N) is 6. The van der Waals surface area contributed by atoms with Crippen LogP contribution in [0.3, 0.4) is 0 Å². The molecule has 1 aliphatic rings. The third-order valence-electron chi connectivity index (χ3n) is 11.6. The van der Waals surface area contributed by atoms with E-state index in [1.54, 1.807) is 4.90 Å². The molecule has 0 aliphatic carbocycles. The van der Waals surface area contributed by atoms with Gasteiger partial charge >= 0.3 is 0 Å². The molecule has 1 aliphatic heterocycles. The fraction of sp³-hybridized carbons (Fsp3) is 0.830. The van der Waals surface area contributed by atoms with Crippen molar-refractivity contribution in [2.75, 3.05) is 33.7 Å². The first-order chi connectivity index (χ1) is 30.4. The van der Waals surface area contributed by atoms with Crippen LogP contribution in [-0.4, -0.2) is 149 Å². The smallest absolute Gasteiger partial charge is 0.246 e. The van der Waals surface area contributed by atoms with Gasteiger partial charge in [0.05, 0.1) is 6.10 Å². The van der Waals surface area contributed by atoms with Gasteiger partial charge in [0.15, 0.2) is 0 Å². The van der Waals surface area contributed by atoms with Crippen molar-refractivity contribution in [3.8, 4) is 0 Å². The number of likely N-dealkylation sites (N-methyl/N-ethyl adjacent to an activating group) is 1. The number of carbonyl (C=O) groups is 8. The Balaban J connectivity index is 3.19. The second-order valence-electron chi connectivity index (χ2n) is 19.6. The molecule has 0 aromatic carbocycles. The first-order valence-electron chi connectivity index (χ1n) is 24.1. The lowest BCUT2D eigenvalue weighted by atomic mass is 9.97. The molecule has 0 spiro atoms. The molecule has 0 aromatic rings. The summed E-state index contributed by atoms with van der Waals surface area (Å²) >= 11 is 0. The molecule has 6 atom stereocenters. The second-order valence-corrected chi connectivity index (χ2v) is 19.6. The van der Waals surface area contributed by atoms with Gasteiger partial charge in [-0.3, -0.25) is 38.4 Å². The summed E-state index contributed by atoms with van der Waals surface area (Å²) in [6.07, 6.45) is 8.71. The van der Waals surface area contributed by atoms with E-state index in [1.165, 1.54) is 39.5 Å². The maximum Gasteiger partial charge on any atom is 0.246 e. The van der Waals surface area contributed by atoms with E-state index in [-0.39, 0.29) is 49.6 Å². The number of likely N-dealkylation sites (tertiary alicyclic amines) is 1. The van der Waals surface area contributed by atoms with Crippen molar-refractivity contribution >= 4 is 47.8 Å². The molecule has 8 amide bonds. The quantitative estimate of drug-likeness (QED) is 0.0385. The first kappa shape index (κ1) is 58.7. The lowest BCUT2D eigenvalue weighted by Crippen LogP contribution is -2.65. The van der Waals surface area contributed by atoms with Crippen molar-refractivity contribution in [3.05, 3.63) is 0 Å². The van der Waals surface area contributed by atoms with Crippen molar-refractivity contribution < 1.29 is 43.5 Å². The Morgan fingerprint density at radius 2 is 1.35 bits per heavy atom. The van der Waals surface area contributed by atoms with E-state index in [9.17, 15) is 43.5 Å². The Labute approximate surface area is 389 Å². The van der Waals surface area contributed by atoms with Gasteiger partial charge in [-0.1, -0.05) is 79.1 Å². The molecule has 1 rings (SSSR count). The highest BCUT2D eigenvalue weighted by Crippen LogP contribution is 2.26. The van der Waals surface area contributed by atoms with E-state index in [4.69, 9.17) is 0 Å². The first-order valence-corrected chi connectivity index (χ1v) is 24.1. The van der Waals surface area contributed by atoms with Crippen molar-refractivity contribution in [1.29, 1.82) is 0 Å². The maximum absolute atomic E-state index is 14.3. The number of nitrogens with zero attached hydrogens (tertiary/aromatic N) is 3. The van der Waals surface area contributed by atoms with Crippen LogP contribution in [-0.2, 0) is 38.4 Å². The number of amides is 8. The molecule has 7 N–H and O–H groups in total. The molecule has 1 saturated heterocycles. The summed E-state index contributed by atoms with van der Waals surface area (Å²) in [6.45, 7) is 18.1. The average Bonchev–Trinajstić information content (AvgIpc) is 3.69. The van der Waals surface area contributed by atoms with Crippen molar-refractivity contribution in [2.45, 2.75) is 213 Å². The third kappa shape index (κ3) is 21.2. The minimum atomic E-state index is -1.58. The SMILES string of the molecule is CCCCCCCC[C@@H](C(=O)N[C@H](C(=O)N[C@@H](CC(C)C)C(=O)NC(C)(C)C(=O)NC(C)(C)C(=O)NCCC(=O)N[C@@H](C)CN(C)C)[C@@H](C)O)N(C=O)[C@@H]1CCCN1C(=O)CCCCC. The number of aliphatic hydroxyl groups excluding tert-OH is 1. The molecule has 0 unspecified atom stereocenters. The highest BCUT2D eigenvalue weighted by atomic mass is 16.3. The molecule has 0 aromatic heterocycles. The molecule has 374 valence electrons. The number of hydrogen-bond donors (Lipinski definition) is 7. The zero-order valence-electron chi connectivity index (χ0n) is 41.9. The van der Waals surface area contributed by atoms with Crippen LogP contribution in [0.15, 0.2) is 0 Å². The average molecular weight is 922 g/mol. The lowest BCUT2D eigenvalue weighted by Gasteiger charge is -2.38. The summed E-state index contributed by atoms with van der Waals surface area (Å²) < 4.78 is 0. The summed E-state index contributed by atoms with van der Waals surface area (Å²) in [5.74, 6) is -3.88. The van der Waals surface area contributed by atoms with E-state index in [2.05, 4.69) is 45.7 Å². The summed E-state index contributed by atoms with van der Waals surface area (Å²) in [6, 6.07) is -3.85. The van der Waals surface area contributed by atoms with Gasteiger partial charge < -0.3 is 51.7 Å². The Kier molecular flexibility index (Phi) is 26.5. The van der Waals surface area contributed by atoms with Gasteiger partial charge in [0, 0.05) is 38.5 Å². The number of unbranched alkanes of at least 4 members (excludes halogenated alkanes) is 7. The lowest BCUT2D eigenvalue weighted by molar-refractivity contribution is -0.146. The van der Waals surface area contributed by atoms with Gasteiger partial charge in [0.25, 0.3) is 0 Å². The molecular weight excluding hydrogens is 835 g/mol. The van der Waals surface area contributed by atoms with Crippen LogP contribution in [0.4, 0.5) is 0 Å². The molecule has 0 bridgehead atoms. The molecule has 18 heteroatoms. The number of carbonyl (C=O) groups excluding carboxylic acids is 8. The van der Waals surface area contributed by atoms with Crippen LogP contribution in [0.25, 0.3) is 0 Å². The van der Waals surface area contributed by atoms with E-state index in [1.807, 2.05) is 39.8 Å². The van der Waals surface area contributed by atoms with Gasteiger partial charge in [-0.25, -0.2) is 0 Å². The number of hydrogen-bond acceptors (Lipinski definition) is 10. The van der Waals surface area contributed by atoms with Gasteiger partial charge in [0.1, 0.15) is 35.4 Å². The van der Waals surface area contributed by atoms with E-state index in [0.29, 0.717) is 45.2 Å². The molecule has 0 saturated carbocycles. The molecule has 18 nitrogen and oxygen atoms in total. The molecule has 1 heterocycles. The van der Waals surface area contributed by atoms with Gasteiger partial charge in [0.2, 0.25) is 47.8 Å². The standard InChI is InChI=1S/C47H87N9O9/c1-13-15-17-18-19-21-23-36(56(31-57)38-24-22-28-55(38)39(60)25-20-16-14-2)42(62)51-40(34(6)58)43(63)50-35(29-32(3)4)41(61)52-47(9,10)45(65)53-46(7,8)44(64)48-27-26-37(59)49-33(5)30-54(11)12/h31-36,38,40,58H,13-30H2,1-12H3,(H,48,64)(H,49,59)(H,50,63)(H,51,62)(H,52,61)(H,53,65)/t33-,34+,35-,36-,38+,40-/m0/s1. The van der Waals surface area contributed by atoms with Gasteiger partial charge in [-0.05, 0) is 93.7 Å². The molecule has 0 radical (unpaired) electrons. The van der Waals surface area contributed by atoms with Gasteiger partial charge in [-0.15, -0.1) is 0 Å². The largest absolute Gasteiger partial charge is 0.391 e. The summed E-state index contributed by atoms with van der Waals surface area (Å²) in [4.78, 5) is 112. The minimum Gasteiger partial charge on any atom is -0.391 e. The van der Waals surface area contributed by atoms with Crippen molar-refractivity contribution in [2.24, 2.45) is 5.92 Å². The Morgan fingerprint density at radius 1 is 0.754 bits per heavy atom. The normalized spacial score (nSPS) is 16.5. The zero-order chi connectivity index (χ0) is 49.5. The van der Waals surface area contributed by atoms with Gasteiger partial charge in [-0.2, -0.15) is 0 Å². The monoisotopic (exact) mass is 922 g/mol. The van der Waals surface area contributed by atoms with Crippen LogP contribution in [0, 0.1) is 5.92 Å². The molecule has 65 heavy (non-hydrogen) atoms. The second kappa shape index (κ2) is 29.3. The zero-order valence-corrected chi connectivity index (χ0v) is 41.9. The van der Waals surface area contributed by atoms with E-state index < -0.39 is 71.0 Å². The summed E-state index contributed by atoms with van der Waals surface area (Å²) in [7, 11) is 3.80. The van der Waals surface area contributed by atoms with Crippen molar-refractivity contribution in [3.63, 3.8) is 0 Å².